The molecule has 6 nitrogen and oxygen atoms in total. The molecule has 0 radical (unpaired) electrons. The van der Waals surface area contributed by atoms with Gasteiger partial charge in [-0.05, 0) is 12.8 Å². The largest absolute Gasteiger partial charge is 0.434 e. The minimum atomic E-state index is -4.40. The lowest BCUT2D eigenvalue weighted by atomic mass is 9.99. The Morgan fingerprint density at radius 1 is 1.30 bits per heavy atom. The SMILES string of the molecule is CCC(CC)c1cc(CNC(=NC)NCCc2nc(C(F)(F)F)cs2)on1. The third-order valence-corrected chi connectivity index (χ3v) is 5.02. The van der Waals surface area contributed by atoms with E-state index in [-0.39, 0.29) is 0 Å². The highest BCUT2D eigenvalue weighted by Crippen LogP contribution is 2.30. The number of nitrogens with zero attached hydrogens (tertiary/aromatic N) is 3. The lowest BCUT2D eigenvalue weighted by Gasteiger charge is -2.10. The van der Waals surface area contributed by atoms with Gasteiger partial charge in [0.2, 0.25) is 0 Å². The molecule has 10 heteroatoms. The molecule has 0 atom stereocenters. The number of thiazole rings is 1. The van der Waals surface area contributed by atoms with Crippen molar-refractivity contribution in [3.8, 4) is 0 Å². The first-order chi connectivity index (χ1) is 12.9. The van der Waals surface area contributed by atoms with Crippen LogP contribution in [0, 0.1) is 0 Å². The molecule has 27 heavy (non-hydrogen) atoms. The highest BCUT2D eigenvalue weighted by molar-refractivity contribution is 7.09. The van der Waals surface area contributed by atoms with Gasteiger partial charge in [0.1, 0.15) is 0 Å². The van der Waals surface area contributed by atoms with Crippen molar-refractivity contribution >= 4 is 17.3 Å². The topological polar surface area (TPSA) is 75.3 Å². The van der Waals surface area contributed by atoms with E-state index in [1.165, 1.54) is 0 Å². The van der Waals surface area contributed by atoms with E-state index >= 15 is 0 Å². The van der Waals surface area contributed by atoms with Crippen LogP contribution < -0.4 is 10.6 Å². The summed E-state index contributed by atoms with van der Waals surface area (Å²) in [5, 5.41) is 11.7. The Bertz CT molecular complexity index is 737. The molecular formula is C17H24F3N5OS. The molecule has 0 unspecified atom stereocenters. The van der Waals surface area contributed by atoms with Gasteiger partial charge in [-0.25, -0.2) is 4.98 Å². The summed E-state index contributed by atoms with van der Waals surface area (Å²) < 4.78 is 43.0. The molecule has 2 heterocycles. The summed E-state index contributed by atoms with van der Waals surface area (Å²) in [6, 6.07) is 1.94. The number of nitrogens with one attached hydrogen (secondary N) is 2. The first-order valence-corrected chi connectivity index (χ1v) is 9.66. The molecule has 0 aliphatic heterocycles. The fraction of sp³-hybridized carbons (Fsp3) is 0.588. The first kappa shape index (κ1) is 21.2. The molecule has 2 aromatic heterocycles. The molecule has 0 fully saturated rings. The first-order valence-electron chi connectivity index (χ1n) is 8.78. The predicted octanol–water partition coefficient (Wildman–Crippen LogP) is 3.96. The van der Waals surface area contributed by atoms with Crippen LogP contribution in [0.1, 0.15) is 54.8 Å². The molecule has 0 amide bonds. The summed E-state index contributed by atoms with van der Waals surface area (Å²) >= 11 is 1.00. The average molecular weight is 403 g/mol. The van der Waals surface area contributed by atoms with Crippen LogP contribution in [0.4, 0.5) is 13.2 Å². The van der Waals surface area contributed by atoms with Crippen LogP contribution in [0.25, 0.3) is 0 Å². The minimum Gasteiger partial charge on any atom is -0.359 e. The standard InChI is InChI=1S/C17H24F3N5OS/c1-4-11(5-2)13-8-12(26-25-13)9-23-16(21-3)22-7-6-15-24-14(10-27-15)17(18,19)20/h8,10-11H,4-7,9H2,1-3H3,(H2,21,22,23). The number of guanidine groups is 1. The maximum atomic E-state index is 12.6. The van der Waals surface area contributed by atoms with Gasteiger partial charge in [-0.1, -0.05) is 19.0 Å². The van der Waals surface area contributed by atoms with Crippen molar-refractivity contribution in [2.24, 2.45) is 4.99 Å². The summed E-state index contributed by atoms with van der Waals surface area (Å²) in [5.41, 5.74) is 0.104. The second-order valence-corrected chi connectivity index (χ2v) is 6.90. The molecule has 0 saturated carbocycles. The van der Waals surface area contributed by atoms with Gasteiger partial charge >= 0.3 is 6.18 Å². The van der Waals surface area contributed by atoms with Gasteiger partial charge in [0.25, 0.3) is 0 Å². The van der Waals surface area contributed by atoms with Crippen LogP contribution in [0.15, 0.2) is 21.0 Å². The van der Waals surface area contributed by atoms with Crippen LogP contribution in [-0.2, 0) is 19.1 Å². The predicted molar refractivity (Wildman–Crippen MR) is 98.8 cm³/mol. The lowest BCUT2D eigenvalue weighted by Crippen LogP contribution is -2.37. The van der Waals surface area contributed by atoms with E-state index < -0.39 is 11.9 Å². The molecular weight excluding hydrogens is 379 g/mol. The van der Waals surface area contributed by atoms with Crippen LogP contribution in [0.3, 0.4) is 0 Å². The Hall–Kier alpha value is -2.10. The van der Waals surface area contributed by atoms with Gasteiger partial charge in [0, 0.05) is 37.4 Å². The normalized spacial score (nSPS) is 12.6. The van der Waals surface area contributed by atoms with E-state index in [9.17, 15) is 13.2 Å². The average Bonchev–Trinajstić information content (AvgIpc) is 3.28. The summed E-state index contributed by atoms with van der Waals surface area (Å²) in [5.74, 6) is 1.62. The molecule has 0 aliphatic rings. The number of rotatable bonds is 8. The molecule has 0 aromatic carbocycles. The quantitative estimate of drug-likeness (QED) is 0.515. The minimum absolute atomic E-state index is 0.378. The summed E-state index contributed by atoms with van der Waals surface area (Å²) in [4.78, 5) is 7.69. The molecule has 150 valence electrons. The highest BCUT2D eigenvalue weighted by Gasteiger charge is 2.33. The maximum absolute atomic E-state index is 12.6. The second-order valence-electron chi connectivity index (χ2n) is 5.96. The van der Waals surface area contributed by atoms with Crippen molar-refractivity contribution < 1.29 is 17.7 Å². The van der Waals surface area contributed by atoms with Crippen molar-refractivity contribution in [2.75, 3.05) is 13.6 Å². The molecule has 0 spiro atoms. The number of aromatic nitrogens is 2. The molecule has 2 N–H and O–H groups in total. The Balaban J connectivity index is 1.78. The Labute approximate surface area is 160 Å². The number of aliphatic imine (C=N–C) groups is 1. The highest BCUT2D eigenvalue weighted by atomic mass is 32.1. The lowest BCUT2D eigenvalue weighted by molar-refractivity contribution is -0.140. The van der Waals surface area contributed by atoms with Gasteiger partial charge in [0.05, 0.1) is 17.2 Å². The van der Waals surface area contributed by atoms with Crippen molar-refractivity contribution in [3.63, 3.8) is 0 Å². The van der Waals surface area contributed by atoms with E-state index in [0.29, 0.717) is 42.2 Å². The molecule has 0 aliphatic carbocycles. The smallest absolute Gasteiger partial charge is 0.359 e. The second kappa shape index (κ2) is 9.72. The molecule has 0 bridgehead atoms. The third-order valence-electron chi connectivity index (χ3n) is 4.11. The molecule has 2 rings (SSSR count). The van der Waals surface area contributed by atoms with Crippen LogP contribution in [-0.4, -0.2) is 29.7 Å². The number of alkyl halides is 3. The zero-order valence-electron chi connectivity index (χ0n) is 15.6. The Morgan fingerprint density at radius 3 is 2.63 bits per heavy atom. The Morgan fingerprint density at radius 2 is 2.04 bits per heavy atom. The van der Waals surface area contributed by atoms with E-state index in [2.05, 4.69) is 39.6 Å². The van der Waals surface area contributed by atoms with Crippen molar-refractivity contribution in [1.82, 2.24) is 20.8 Å². The number of halogens is 3. The van der Waals surface area contributed by atoms with E-state index in [1.54, 1.807) is 7.05 Å². The van der Waals surface area contributed by atoms with Gasteiger partial charge in [-0.2, -0.15) is 13.2 Å². The fourth-order valence-electron chi connectivity index (χ4n) is 2.55. The van der Waals surface area contributed by atoms with Crippen molar-refractivity contribution in [1.29, 1.82) is 0 Å². The van der Waals surface area contributed by atoms with E-state index in [4.69, 9.17) is 4.52 Å². The zero-order valence-corrected chi connectivity index (χ0v) is 16.4. The number of hydrogen-bond donors (Lipinski definition) is 2. The summed E-state index contributed by atoms with van der Waals surface area (Å²) in [6.45, 7) is 5.07. The summed E-state index contributed by atoms with van der Waals surface area (Å²) in [6.07, 6.45) is -2.01. The van der Waals surface area contributed by atoms with Crippen LogP contribution in [0.2, 0.25) is 0 Å². The summed E-state index contributed by atoms with van der Waals surface area (Å²) in [7, 11) is 1.62. The van der Waals surface area contributed by atoms with Crippen LogP contribution in [0.5, 0.6) is 0 Å². The van der Waals surface area contributed by atoms with Crippen molar-refractivity contribution in [3.05, 3.63) is 33.6 Å². The van der Waals surface area contributed by atoms with E-state index in [0.717, 1.165) is 35.3 Å². The monoisotopic (exact) mass is 403 g/mol. The van der Waals surface area contributed by atoms with Crippen molar-refractivity contribution in [2.45, 2.75) is 51.7 Å². The zero-order chi connectivity index (χ0) is 19.9. The van der Waals surface area contributed by atoms with Gasteiger partial charge in [0.15, 0.2) is 17.4 Å². The van der Waals surface area contributed by atoms with E-state index in [1.807, 2.05) is 6.07 Å². The fourth-order valence-corrected chi connectivity index (χ4v) is 3.35. The maximum Gasteiger partial charge on any atom is 0.434 e. The molecule has 0 saturated heterocycles. The van der Waals surface area contributed by atoms with Gasteiger partial charge in [-0.3, -0.25) is 4.99 Å². The third kappa shape index (κ3) is 6.23. The van der Waals surface area contributed by atoms with Gasteiger partial charge in [-0.15, -0.1) is 11.3 Å². The van der Waals surface area contributed by atoms with Gasteiger partial charge < -0.3 is 15.2 Å². The number of hydrogen-bond acceptors (Lipinski definition) is 5. The van der Waals surface area contributed by atoms with Crippen LogP contribution >= 0.6 is 11.3 Å². The molecule has 2 aromatic rings. The Kier molecular flexibility index (Phi) is 7.64.